The number of hydrogen-bond donors (Lipinski definition) is 0. The van der Waals surface area contributed by atoms with Gasteiger partial charge in [0, 0.05) is 16.7 Å². The summed E-state index contributed by atoms with van der Waals surface area (Å²) in [7, 11) is 0. The van der Waals surface area contributed by atoms with Crippen LogP contribution in [0.25, 0.3) is 122 Å². The normalized spacial score (nSPS) is 11.2. The van der Waals surface area contributed by atoms with Gasteiger partial charge in [0.1, 0.15) is 0 Å². The van der Waals surface area contributed by atoms with Crippen molar-refractivity contribution in [3.05, 3.63) is 254 Å². The van der Waals surface area contributed by atoms with Crippen LogP contribution in [0.2, 0.25) is 0 Å². The highest BCUT2D eigenvalue weighted by Gasteiger charge is 2.16. The van der Waals surface area contributed by atoms with Gasteiger partial charge in [0.05, 0.1) is 23.0 Å². The molecular formula is C65H41N3. The second kappa shape index (κ2) is 17.3. The van der Waals surface area contributed by atoms with E-state index in [4.69, 9.17) is 9.97 Å². The van der Waals surface area contributed by atoms with Crippen molar-refractivity contribution in [3.8, 4) is 95.6 Å². The van der Waals surface area contributed by atoms with Gasteiger partial charge in [-0.25, -0.2) is 9.97 Å². The topological polar surface area (TPSA) is 49.6 Å². The highest BCUT2D eigenvalue weighted by atomic mass is 14.9. The summed E-state index contributed by atoms with van der Waals surface area (Å²) in [5, 5.41) is 17.0. The first-order valence-electron chi connectivity index (χ1n) is 22.9. The molecule has 0 aliphatic rings. The zero-order valence-electron chi connectivity index (χ0n) is 37.0. The largest absolute Gasteiger partial charge is 0.228 e. The molecular weight excluding hydrogens is 823 g/mol. The van der Waals surface area contributed by atoms with Crippen LogP contribution in [0.15, 0.2) is 249 Å². The van der Waals surface area contributed by atoms with Crippen LogP contribution in [-0.4, -0.2) is 9.97 Å². The van der Waals surface area contributed by atoms with E-state index in [1.807, 2.05) is 30.3 Å². The van der Waals surface area contributed by atoms with Gasteiger partial charge in [-0.2, -0.15) is 5.26 Å². The number of aromatic nitrogens is 2. The molecule has 0 atom stereocenters. The first-order chi connectivity index (χ1) is 33.6. The number of fused-ring (bicyclic) bond motifs is 4. The fourth-order valence-electron chi connectivity index (χ4n) is 9.66. The van der Waals surface area contributed by atoms with Gasteiger partial charge >= 0.3 is 0 Å². The molecule has 0 spiro atoms. The number of nitrogens with zero attached hydrogens (tertiary/aromatic N) is 3. The third kappa shape index (κ3) is 7.57. The molecule has 0 aliphatic carbocycles. The molecule has 0 aliphatic heterocycles. The van der Waals surface area contributed by atoms with Crippen LogP contribution in [0.5, 0.6) is 0 Å². The van der Waals surface area contributed by atoms with Crippen molar-refractivity contribution < 1.29 is 0 Å². The molecule has 0 bridgehead atoms. The Morgan fingerprint density at radius 2 is 0.794 bits per heavy atom. The van der Waals surface area contributed by atoms with Crippen LogP contribution < -0.4 is 0 Å². The number of rotatable bonds is 8. The van der Waals surface area contributed by atoms with Crippen molar-refractivity contribution in [2.45, 2.75) is 0 Å². The second-order valence-corrected chi connectivity index (χ2v) is 17.2. The Bertz CT molecular complexity index is 3870. The summed E-state index contributed by atoms with van der Waals surface area (Å²) >= 11 is 0. The summed E-state index contributed by atoms with van der Waals surface area (Å²) in [5.41, 5.74) is 16.7. The Morgan fingerprint density at radius 1 is 0.279 bits per heavy atom. The maximum atomic E-state index is 9.38. The van der Waals surface area contributed by atoms with Crippen LogP contribution in [0, 0.1) is 11.3 Å². The molecule has 3 nitrogen and oxygen atoms in total. The molecule has 1 heterocycles. The van der Waals surface area contributed by atoms with Crippen molar-refractivity contribution in [1.29, 1.82) is 5.26 Å². The van der Waals surface area contributed by atoms with Gasteiger partial charge in [-0.05, 0) is 118 Å². The van der Waals surface area contributed by atoms with Gasteiger partial charge in [0.15, 0.2) is 5.82 Å². The lowest BCUT2D eigenvalue weighted by atomic mass is 9.89. The summed E-state index contributed by atoms with van der Waals surface area (Å²) in [5.74, 6) is 0.652. The first kappa shape index (κ1) is 40.3. The van der Waals surface area contributed by atoms with Gasteiger partial charge in [0.2, 0.25) is 0 Å². The van der Waals surface area contributed by atoms with E-state index in [0.717, 1.165) is 61.5 Å². The predicted octanol–water partition coefficient (Wildman–Crippen LogP) is 17.1. The van der Waals surface area contributed by atoms with Crippen LogP contribution >= 0.6 is 0 Å². The molecule has 316 valence electrons. The molecule has 0 fully saturated rings. The third-order valence-corrected chi connectivity index (χ3v) is 13.2. The molecule has 0 unspecified atom stereocenters. The van der Waals surface area contributed by atoms with E-state index in [1.54, 1.807) is 0 Å². The van der Waals surface area contributed by atoms with Crippen LogP contribution in [0.1, 0.15) is 5.56 Å². The lowest BCUT2D eigenvalue weighted by Crippen LogP contribution is -1.97. The van der Waals surface area contributed by atoms with E-state index < -0.39 is 0 Å². The van der Waals surface area contributed by atoms with E-state index in [9.17, 15) is 5.26 Å². The zero-order chi connectivity index (χ0) is 45.4. The maximum Gasteiger partial charge on any atom is 0.160 e. The summed E-state index contributed by atoms with van der Waals surface area (Å²) in [4.78, 5) is 10.5. The van der Waals surface area contributed by atoms with E-state index in [1.165, 1.54) is 54.6 Å². The van der Waals surface area contributed by atoms with Gasteiger partial charge in [0.25, 0.3) is 0 Å². The molecule has 12 rings (SSSR count). The van der Waals surface area contributed by atoms with Crippen LogP contribution in [0.3, 0.4) is 0 Å². The summed E-state index contributed by atoms with van der Waals surface area (Å²) < 4.78 is 0. The number of hydrogen-bond acceptors (Lipinski definition) is 3. The zero-order valence-corrected chi connectivity index (χ0v) is 37.0. The van der Waals surface area contributed by atoms with Crippen molar-refractivity contribution in [2.24, 2.45) is 0 Å². The maximum absolute atomic E-state index is 9.38. The van der Waals surface area contributed by atoms with E-state index in [2.05, 4.69) is 224 Å². The fraction of sp³-hybridized carbons (Fsp3) is 0. The SMILES string of the molecule is N#Cc1ccc(-c2cccc(-c3cc(-c4ccccc4-c4ccccc4)nc(-c4ccc(-c5ccc(-c6ccc(-c7c8ccccc8cc8c7ccc7ccccc78)cc6)cc5)cc4)n3)c2)cc1. The molecule has 0 saturated carbocycles. The van der Waals surface area contributed by atoms with Crippen LogP contribution in [0.4, 0.5) is 0 Å². The Morgan fingerprint density at radius 3 is 1.49 bits per heavy atom. The smallest absolute Gasteiger partial charge is 0.160 e. The minimum atomic E-state index is 0.636. The van der Waals surface area contributed by atoms with E-state index >= 15 is 0 Å². The Hall–Kier alpha value is -9.23. The number of benzene rings is 11. The standard InChI is InChI=1S/C65H41N3/c66-42-43-21-23-48(24-22-43)53-15-10-16-55(39-53)62-41-63(59-20-9-8-17-56(59)49-11-2-1-3-12-49)68-65(67-62)52-35-31-47(32-36-52)45-27-25-44(26-28-45)46-29-33-51(34-30-46)64-58-19-7-5-14-54(58)40-61-57-18-6-4-13-50(57)37-38-60(61)64/h1-41H. The third-order valence-electron chi connectivity index (χ3n) is 13.2. The lowest BCUT2D eigenvalue weighted by Gasteiger charge is -2.14. The lowest BCUT2D eigenvalue weighted by molar-refractivity contribution is 1.18. The molecule has 0 N–H and O–H groups in total. The second-order valence-electron chi connectivity index (χ2n) is 17.2. The Labute approximate surface area is 395 Å². The van der Waals surface area contributed by atoms with Crippen molar-refractivity contribution in [3.63, 3.8) is 0 Å². The average Bonchev–Trinajstić information content (AvgIpc) is 3.42. The van der Waals surface area contributed by atoms with Gasteiger partial charge < -0.3 is 0 Å². The Balaban J connectivity index is 0.863. The first-order valence-corrected chi connectivity index (χ1v) is 22.9. The summed E-state index contributed by atoms with van der Waals surface area (Å²) in [6.45, 7) is 0. The molecule has 0 saturated heterocycles. The molecule has 11 aromatic carbocycles. The minimum absolute atomic E-state index is 0.636. The van der Waals surface area contributed by atoms with Crippen molar-refractivity contribution >= 4 is 32.3 Å². The monoisotopic (exact) mass is 863 g/mol. The van der Waals surface area contributed by atoms with Gasteiger partial charge in [-0.3, -0.25) is 0 Å². The highest BCUT2D eigenvalue weighted by molar-refractivity contribution is 6.20. The summed E-state index contributed by atoms with van der Waals surface area (Å²) in [6.07, 6.45) is 0. The van der Waals surface area contributed by atoms with E-state index in [-0.39, 0.29) is 0 Å². The molecule has 12 aromatic rings. The Kier molecular flexibility index (Phi) is 10.2. The molecule has 0 amide bonds. The average molecular weight is 864 g/mol. The predicted molar refractivity (Wildman–Crippen MR) is 283 cm³/mol. The van der Waals surface area contributed by atoms with Gasteiger partial charge in [-0.15, -0.1) is 0 Å². The molecule has 1 aromatic heterocycles. The molecule has 3 heteroatoms. The number of nitriles is 1. The van der Waals surface area contributed by atoms with Crippen LogP contribution in [-0.2, 0) is 0 Å². The minimum Gasteiger partial charge on any atom is -0.228 e. The molecule has 0 radical (unpaired) electrons. The quantitative estimate of drug-likeness (QED) is 0.113. The highest BCUT2D eigenvalue weighted by Crippen LogP contribution is 2.41. The summed E-state index contributed by atoms with van der Waals surface area (Å²) in [6, 6.07) is 90.1. The van der Waals surface area contributed by atoms with Gasteiger partial charge in [-0.1, -0.05) is 218 Å². The van der Waals surface area contributed by atoms with Crippen molar-refractivity contribution in [2.75, 3.05) is 0 Å². The van der Waals surface area contributed by atoms with Crippen molar-refractivity contribution in [1.82, 2.24) is 9.97 Å². The molecule has 68 heavy (non-hydrogen) atoms. The fourth-order valence-corrected chi connectivity index (χ4v) is 9.66. The van der Waals surface area contributed by atoms with E-state index in [0.29, 0.717) is 11.4 Å².